The lowest BCUT2D eigenvalue weighted by Crippen LogP contribution is -2.49. The fourth-order valence-electron chi connectivity index (χ4n) is 3.44. The number of nitrogens with one attached hydrogen (secondary N) is 1. The summed E-state index contributed by atoms with van der Waals surface area (Å²) in [4.78, 5) is 31.3. The summed E-state index contributed by atoms with van der Waals surface area (Å²) in [5.41, 5.74) is 1.11. The van der Waals surface area contributed by atoms with Crippen LogP contribution in [0.25, 0.3) is 0 Å². The van der Waals surface area contributed by atoms with Crippen molar-refractivity contribution in [2.24, 2.45) is 0 Å². The number of piperidine rings is 1. The lowest BCUT2D eigenvalue weighted by molar-refractivity contribution is 0.0603. The van der Waals surface area contributed by atoms with Gasteiger partial charge in [0.1, 0.15) is 5.69 Å². The molecule has 2 saturated heterocycles. The minimum Gasteiger partial charge on any atom is -0.356 e. The molecule has 0 aromatic carbocycles. The van der Waals surface area contributed by atoms with Crippen LogP contribution in [0, 0.1) is 0 Å². The fraction of sp³-hybridized carbons (Fsp3) is 0.625. The van der Waals surface area contributed by atoms with Crippen LogP contribution in [0.2, 0.25) is 0 Å². The predicted molar refractivity (Wildman–Crippen MR) is 80.5 cm³/mol. The molecule has 0 aliphatic carbocycles. The lowest BCUT2D eigenvalue weighted by Gasteiger charge is -2.37. The van der Waals surface area contributed by atoms with Crippen molar-refractivity contribution < 1.29 is 9.59 Å². The summed E-state index contributed by atoms with van der Waals surface area (Å²) in [7, 11) is 0. The van der Waals surface area contributed by atoms with Crippen LogP contribution in [0.1, 0.15) is 53.5 Å². The zero-order valence-electron chi connectivity index (χ0n) is 12.6. The molecule has 2 aliphatic heterocycles. The van der Waals surface area contributed by atoms with Gasteiger partial charge in [0.2, 0.25) is 0 Å². The molecule has 1 aromatic rings. The molecule has 0 radical (unpaired) electrons. The fourth-order valence-corrected chi connectivity index (χ4v) is 3.44. The molecule has 1 aromatic heterocycles. The first kappa shape index (κ1) is 14.3. The van der Waals surface area contributed by atoms with Crippen molar-refractivity contribution in [3.63, 3.8) is 0 Å². The van der Waals surface area contributed by atoms with Gasteiger partial charge in [-0.3, -0.25) is 14.5 Å². The van der Waals surface area contributed by atoms with Gasteiger partial charge in [-0.1, -0.05) is 0 Å². The van der Waals surface area contributed by atoms with E-state index in [1.165, 1.54) is 39.3 Å². The summed E-state index contributed by atoms with van der Waals surface area (Å²) < 4.78 is 0. The van der Waals surface area contributed by atoms with Crippen molar-refractivity contribution >= 4 is 11.7 Å². The standard InChI is InChI=1S/C16H23N3O2/c1-12(20)13-9-15(17-10-13)16(21)19-8-4-5-14(11-19)18-6-2-3-7-18/h9-10,14,17H,2-8,11H2,1H3. The molecule has 5 heteroatoms. The maximum absolute atomic E-state index is 12.6. The second-order valence-corrected chi connectivity index (χ2v) is 6.15. The topological polar surface area (TPSA) is 56.4 Å². The monoisotopic (exact) mass is 289 g/mol. The Kier molecular flexibility index (Phi) is 4.10. The Morgan fingerprint density at radius 2 is 1.95 bits per heavy atom. The summed E-state index contributed by atoms with van der Waals surface area (Å²) in [6.07, 6.45) is 6.43. The predicted octanol–water partition coefficient (Wildman–Crippen LogP) is 1.92. The van der Waals surface area contributed by atoms with E-state index in [0.717, 1.165) is 19.5 Å². The number of likely N-dealkylation sites (tertiary alicyclic amines) is 2. The third kappa shape index (κ3) is 3.02. The van der Waals surface area contributed by atoms with Crippen molar-refractivity contribution in [1.82, 2.24) is 14.8 Å². The number of rotatable bonds is 3. The molecule has 3 heterocycles. The first-order valence-corrected chi connectivity index (χ1v) is 7.88. The van der Waals surface area contributed by atoms with E-state index in [1.54, 1.807) is 12.3 Å². The Hall–Kier alpha value is -1.62. The second-order valence-electron chi connectivity index (χ2n) is 6.15. The SMILES string of the molecule is CC(=O)c1c[nH]c(C(=O)N2CCCC(N3CCCC3)C2)c1. The molecule has 1 amide bonds. The van der Waals surface area contributed by atoms with Gasteiger partial charge in [0.05, 0.1) is 0 Å². The van der Waals surface area contributed by atoms with Gasteiger partial charge < -0.3 is 9.88 Å². The summed E-state index contributed by atoms with van der Waals surface area (Å²) >= 11 is 0. The van der Waals surface area contributed by atoms with E-state index in [9.17, 15) is 9.59 Å². The van der Waals surface area contributed by atoms with E-state index in [4.69, 9.17) is 0 Å². The molecule has 114 valence electrons. The number of Topliss-reactive ketones (excluding diaryl/α,β-unsaturated/α-hetero) is 1. The van der Waals surface area contributed by atoms with Crippen LogP contribution < -0.4 is 0 Å². The average molecular weight is 289 g/mol. The van der Waals surface area contributed by atoms with E-state index in [2.05, 4.69) is 9.88 Å². The minimum absolute atomic E-state index is 0.0149. The van der Waals surface area contributed by atoms with E-state index in [-0.39, 0.29) is 11.7 Å². The van der Waals surface area contributed by atoms with Gasteiger partial charge in [0.25, 0.3) is 5.91 Å². The number of ketones is 1. The van der Waals surface area contributed by atoms with Gasteiger partial charge in [-0.15, -0.1) is 0 Å². The minimum atomic E-state index is -0.0149. The van der Waals surface area contributed by atoms with Crippen LogP contribution in [-0.2, 0) is 0 Å². The highest BCUT2D eigenvalue weighted by atomic mass is 16.2. The molecule has 2 fully saturated rings. The van der Waals surface area contributed by atoms with E-state index in [0.29, 0.717) is 17.3 Å². The Morgan fingerprint density at radius 3 is 2.62 bits per heavy atom. The summed E-state index contributed by atoms with van der Waals surface area (Å²) in [6, 6.07) is 2.18. The molecule has 1 N–H and O–H groups in total. The highest BCUT2D eigenvalue weighted by Gasteiger charge is 2.30. The molecular formula is C16H23N3O2. The third-order valence-corrected chi connectivity index (χ3v) is 4.66. The smallest absolute Gasteiger partial charge is 0.270 e. The third-order valence-electron chi connectivity index (χ3n) is 4.66. The zero-order chi connectivity index (χ0) is 14.8. The van der Waals surface area contributed by atoms with Crippen LogP contribution >= 0.6 is 0 Å². The Morgan fingerprint density at radius 1 is 1.19 bits per heavy atom. The van der Waals surface area contributed by atoms with E-state index < -0.39 is 0 Å². The molecule has 3 rings (SSSR count). The Labute approximate surface area is 125 Å². The van der Waals surface area contributed by atoms with Crippen LogP contribution in [0.15, 0.2) is 12.3 Å². The van der Waals surface area contributed by atoms with Crippen molar-refractivity contribution in [3.8, 4) is 0 Å². The number of aromatic nitrogens is 1. The summed E-state index contributed by atoms with van der Waals surface area (Å²) in [5.74, 6) is 0.00489. The number of aromatic amines is 1. The number of nitrogens with zero attached hydrogens (tertiary/aromatic N) is 2. The number of hydrogen-bond donors (Lipinski definition) is 1. The molecule has 0 saturated carbocycles. The highest BCUT2D eigenvalue weighted by molar-refractivity contribution is 5.99. The molecule has 1 unspecified atom stereocenters. The van der Waals surface area contributed by atoms with Crippen LogP contribution in [0.3, 0.4) is 0 Å². The van der Waals surface area contributed by atoms with E-state index in [1.807, 2.05) is 4.90 Å². The lowest BCUT2D eigenvalue weighted by atomic mass is 10.0. The second kappa shape index (κ2) is 6.02. The van der Waals surface area contributed by atoms with Crippen molar-refractivity contribution in [1.29, 1.82) is 0 Å². The first-order chi connectivity index (χ1) is 10.1. The zero-order valence-corrected chi connectivity index (χ0v) is 12.6. The van der Waals surface area contributed by atoms with Gasteiger partial charge in [-0.05, 0) is 51.8 Å². The van der Waals surface area contributed by atoms with Gasteiger partial charge in [0.15, 0.2) is 5.78 Å². The van der Waals surface area contributed by atoms with Crippen LogP contribution in [0.5, 0.6) is 0 Å². The quantitative estimate of drug-likeness (QED) is 0.865. The van der Waals surface area contributed by atoms with Crippen molar-refractivity contribution in [2.45, 2.75) is 38.6 Å². The molecular weight excluding hydrogens is 266 g/mol. The molecule has 2 aliphatic rings. The summed E-state index contributed by atoms with van der Waals surface area (Å²) in [6.45, 7) is 5.49. The molecule has 5 nitrogen and oxygen atoms in total. The highest BCUT2D eigenvalue weighted by Crippen LogP contribution is 2.21. The maximum Gasteiger partial charge on any atom is 0.270 e. The van der Waals surface area contributed by atoms with Crippen molar-refractivity contribution in [2.75, 3.05) is 26.2 Å². The Balaban J connectivity index is 1.67. The average Bonchev–Trinajstić information content (AvgIpc) is 3.18. The molecule has 21 heavy (non-hydrogen) atoms. The Bertz CT molecular complexity index is 531. The van der Waals surface area contributed by atoms with Gasteiger partial charge >= 0.3 is 0 Å². The van der Waals surface area contributed by atoms with Crippen LogP contribution in [0.4, 0.5) is 0 Å². The molecule has 0 bridgehead atoms. The molecule has 1 atom stereocenters. The number of carbonyl (C=O) groups excluding carboxylic acids is 2. The van der Waals surface area contributed by atoms with Crippen molar-refractivity contribution in [3.05, 3.63) is 23.5 Å². The number of carbonyl (C=O) groups is 2. The number of H-pyrrole nitrogens is 1. The van der Waals surface area contributed by atoms with E-state index >= 15 is 0 Å². The first-order valence-electron chi connectivity index (χ1n) is 7.88. The number of hydrogen-bond acceptors (Lipinski definition) is 3. The van der Waals surface area contributed by atoms with Gasteiger partial charge in [-0.25, -0.2) is 0 Å². The summed E-state index contributed by atoms with van der Waals surface area (Å²) in [5, 5.41) is 0. The largest absolute Gasteiger partial charge is 0.356 e. The van der Waals surface area contributed by atoms with Crippen LogP contribution in [-0.4, -0.2) is 58.7 Å². The maximum atomic E-state index is 12.6. The van der Waals surface area contributed by atoms with Gasteiger partial charge in [-0.2, -0.15) is 0 Å². The normalized spacial score (nSPS) is 23.5. The van der Waals surface area contributed by atoms with Gasteiger partial charge in [0, 0.05) is 30.9 Å². The molecule has 0 spiro atoms. The number of amides is 1.